The lowest BCUT2D eigenvalue weighted by molar-refractivity contribution is 0.334. The van der Waals surface area contributed by atoms with Gasteiger partial charge in [0, 0.05) is 9.82 Å². The average Bonchev–Trinajstić information content (AvgIpc) is 2.65. The second-order valence-corrected chi connectivity index (χ2v) is 8.47. The molecule has 0 saturated heterocycles. The zero-order chi connectivity index (χ0) is 21.3. The van der Waals surface area contributed by atoms with Gasteiger partial charge < -0.3 is 9.47 Å². The van der Waals surface area contributed by atoms with E-state index in [2.05, 4.69) is 20.1 Å². The second-order valence-electron chi connectivity index (χ2n) is 6.17. The zero-order valence-electron chi connectivity index (χ0n) is 16.0. The molecular formula is C18H20N6O4S. The molecule has 2 rings (SSSR count). The molecule has 0 aliphatic carbocycles. The van der Waals surface area contributed by atoms with E-state index in [1.54, 1.807) is 36.4 Å². The molecule has 0 spiro atoms. The first kappa shape index (κ1) is 21.9. The molecule has 0 fully saturated rings. The monoisotopic (exact) mass is 416 g/mol. The molecule has 0 amide bonds. The van der Waals surface area contributed by atoms with Crippen LogP contribution in [0.5, 0.6) is 11.5 Å². The maximum atomic E-state index is 12.2. The van der Waals surface area contributed by atoms with Gasteiger partial charge in [0.2, 0.25) is 0 Å². The van der Waals surface area contributed by atoms with Crippen LogP contribution in [0.15, 0.2) is 46.6 Å². The van der Waals surface area contributed by atoms with Gasteiger partial charge in [-0.05, 0) is 49.2 Å². The first-order chi connectivity index (χ1) is 13.8. The molecule has 0 radical (unpaired) electrons. The minimum absolute atomic E-state index is 0.0894. The summed E-state index contributed by atoms with van der Waals surface area (Å²) in [4.78, 5) is 5.48. The van der Waals surface area contributed by atoms with Gasteiger partial charge >= 0.3 is 0 Å². The lowest BCUT2D eigenvalue weighted by Crippen LogP contribution is -2.21. The number of sulfone groups is 1. The highest BCUT2D eigenvalue weighted by Crippen LogP contribution is 2.29. The summed E-state index contributed by atoms with van der Waals surface area (Å²) in [6.07, 6.45) is 0. The van der Waals surface area contributed by atoms with E-state index in [1.807, 2.05) is 13.8 Å². The van der Waals surface area contributed by atoms with E-state index in [0.717, 1.165) is 11.1 Å². The van der Waals surface area contributed by atoms with Gasteiger partial charge in [0.15, 0.2) is 9.84 Å². The largest absolute Gasteiger partial charge is 0.492 e. The number of benzene rings is 2. The molecule has 0 atom stereocenters. The number of ether oxygens (including phenoxy) is 2. The molecule has 29 heavy (non-hydrogen) atoms. The van der Waals surface area contributed by atoms with E-state index in [4.69, 9.17) is 20.5 Å². The van der Waals surface area contributed by atoms with E-state index in [9.17, 15) is 8.42 Å². The fourth-order valence-corrected chi connectivity index (χ4v) is 3.29. The van der Waals surface area contributed by atoms with Gasteiger partial charge in [-0.15, -0.1) is 0 Å². The fraction of sp³-hybridized carbons (Fsp3) is 0.333. The molecule has 0 unspecified atom stereocenters. The smallest absolute Gasteiger partial charge is 0.156 e. The molecule has 10 nitrogen and oxygen atoms in total. The van der Waals surface area contributed by atoms with E-state index in [-0.39, 0.29) is 24.7 Å². The molecule has 2 aromatic rings. The zero-order valence-corrected chi connectivity index (χ0v) is 16.8. The Morgan fingerprint density at radius 3 is 1.62 bits per heavy atom. The highest BCUT2D eigenvalue weighted by atomic mass is 32.2. The van der Waals surface area contributed by atoms with Crippen molar-refractivity contribution in [1.82, 2.24) is 0 Å². The van der Waals surface area contributed by atoms with Crippen molar-refractivity contribution in [2.75, 3.05) is 24.7 Å². The minimum atomic E-state index is -3.45. The SMILES string of the molecule is Cc1ccc(OCCS(=O)(=O)CCOc2ccc(C)cc2N=[N+]=[N-])c(N=[N+]=[N-])c1. The van der Waals surface area contributed by atoms with Crippen molar-refractivity contribution in [2.24, 2.45) is 10.2 Å². The van der Waals surface area contributed by atoms with E-state index >= 15 is 0 Å². The Kier molecular flexibility index (Phi) is 7.73. The van der Waals surface area contributed by atoms with Gasteiger partial charge in [-0.1, -0.05) is 33.5 Å². The van der Waals surface area contributed by atoms with Gasteiger partial charge in [-0.3, -0.25) is 0 Å². The van der Waals surface area contributed by atoms with Crippen molar-refractivity contribution in [1.29, 1.82) is 0 Å². The van der Waals surface area contributed by atoms with Crippen molar-refractivity contribution in [2.45, 2.75) is 13.8 Å². The number of rotatable bonds is 10. The van der Waals surface area contributed by atoms with Crippen molar-refractivity contribution in [3.63, 3.8) is 0 Å². The Hall–Kier alpha value is -3.39. The van der Waals surface area contributed by atoms with Crippen LogP contribution in [-0.2, 0) is 9.84 Å². The summed E-state index contributed by atoms with van der Waals surface area (Å²) in [7, 11) is -3.45. The molecular weight excluding hydrogens is 396 g/mol. The van der Waals surface area contributed by atoms with Crippen LogP contribution < -0.4 is 9.47 Å². The number of aryl methyl sites for hydroxylation is 2. The molecule has 2 aromatic carbocycles. The Labute approximate surface area is 168 Å². The van der Waals surface area contributed by atoms with Crippen LogP contribution in [-0.4, -0.2) is 33.1 Å². The summed E-state index contributed by atoms with van der Waals surface area (Å²) in [5, 5.41) is 7.09. The maximum Gasteiger partial charge on any atom is 0.156 e. The molecule has 11 heteroatoms. The molecule has 0 saturated carbocycles. The van der Waals surface area contributed by atoms with Gasteiger partial charge in [-0.25, -0.2) is 8.42 Å². The Morgan fingerprint density at radius 1 is 0.828 bits per heavy atom. The first-order valence-corrected chi connectivity index (χ1v) is 10.4. The molecule has 0 heterocycles. The fourth-order valence-electron chi connectivity index (χ4n) is 2.41. The van der Waals surface area contributed by atoms with Crippen molar-refractivity contribution < 1.29 is 17.9 Å². The molecule has 0 aromatic heterocycles. The number of azide groups is 2. The van der Waals surface area contributed by atoms with Crippen LogP contribution in [0.4, 0.5) is 11.4 Å². The van der Waals surface area contributed by atoms with Gasteiger partial charge in [0.25, 0.3) is 0 Å². The second kappa shape index (κ2) is 10.2. The summed E-state index contributed by atoms with van der Waals surface area (Å²) in [6.45, 7) is 3.50. The maximum absolute atomic E-state index is 12.2. The van der Waals surface area contributed by atoms with Crippen molar-refractivity contribution in [3.8, 4) is 11.5 Å². The lowest BCUT2D eigenvalue weighted by Gasteiger charge is -2.11. The molecule has 152 valence electrons. The summed E-state index contributed by atoms with van der Waals surface area (Å²) in [5.41, 5.74) is 19.6. The topological polar surface area (TPSA) is 150 Å². The number of nitrogens with zero attached hydrogens (tertiary/aromatic N) is 6. The summed E-state index contributed by atoms with van der Waals surface area (Å²) in [6, 6.07) is 10.1. The van der Waals surface area contributed by atoms with Crippen molar-refractivity contribution in [3.05, 3.63) is 68.4 Å². The third kappa shape index (κ3) is 6.93. The van der Waals surface area contributed by atoms with Crippen LogP contribution >= 0.6 is 0 Å². The Bertz CT molecular complexity index is 994. The van der Waals surface area contributed by atoms with Gasteiger partial charge in [0.1, 0.15) is 24.7 Å². The van der Waals surface area contributed by atoms with E-state index in [1.165, 1.54) is 0 Å². The number of hydrogen-bond acceptors (Lipinski definition) is 6. The van der Waals surface area contributed by atoms with Gasteiger partial charge in [-0.2, -0.15) is 0 Å². The molecule has 0 aliphatic heterocycles. The third-order valence-electron chi connectivity index (χ3n) is 3.84. The quantitative estimate of drug-likeness (QED) is 0.302. The predicted octanol–water partition coefficient (Wildman–Crippen LogP) is 5.06. The first-order valence-electron chi connectivity index (χ1n) is 8.62. The Morgan fingerprint density at radius 2 is 1.24 bits per heavy atom. The number of hydrogen-bond donors (Lipinski definition) is 0. The van der Waals surface area contributed by atoms with Crippen LogP contribution in [0.1, 0.15) is 11.1 Å². The lowest BCUT2D eigenvalue weighted by atomic mass is 10.2. The van der Waals surface area contributed by atoms with Crippen molar-refractivity contribution >= 4 is 21.2 Å². The summed E-state index contributed by atoms with van der Waals surface area (Å²) >= 11 is 0. The van der Waals surface area contributed by atoms with Crippen LogP contribution in [0.2, 0.25) is 0 Å². The van der Waals surface area contributed by atoms with Crippen LogP contribution in [0.25, 0.3) is 20.9 Å². The highest BCUT2D eigenvalue weighted by molar-refractivity contribution is 7.91. The summed E-state index contributed by atoms with van der Waals surface area (Å²) < 4.78 is 35.4. The molecule has 0 N–H and O–H groups in total. The van der Waals surface area contributed by atoms with Crippen LogP contribution in [0, 0.1) is 13.8 Å². The van der Waals surface area contributed by atoms with Gasteiger partial charge in [0.05, 0.1) is 22.9 Å². The molecule has 0 aliphatic rings. The standard InChI is InChI=1S/C18H20N6O4S/c1-13-3-5-17(15(11-13)21-23-19)27-7-9-29(25,26)10-8-28-18-6-4-14(2)12-16(18)22-24-20/h3-6,11-12H,7-10H2,1-2H3. The van der Waals surface area contributed by atoms with Crippen LogP contribution in [0.3, 0.4) is 0 Å². The normalized spacial score (nSPS) is 10.6. The predicted molar refractivity (Wildman–Crippen MR) is 110 cm³/mol. The average molecular weight is 416 g/mol. The Balaban J connectivity index is 1.90. The third-order valence-corrected chi connectivity index (χ3v) is 5.41. The summed E-state index contributed by atoms with van der Waals surface area (Å²) in [5.74, 6) is 0.186. The van der Waals surface area contributed by atoms with E-state index in [0.29, 0.717) is 22.9 Å². The highest BCUT2D eigenvalue weighted by Gasteiger charge is 2.13. The molecule has 0 bridgehead atoms. The minimum Gasteiger partial charge on any atom is -0.492 e. The van der Waals surface area contributed by atoms with E-state index < -0.39 is 9.84 Å².